The van der Waals surface area contributed by atoms with Gasteiger partial charge < -0.3 is 19.5 Å². The number of methoxy groups -OCH3 is 1. The van der Waals surface area contributed by atoms with Gasteiger partial charge in [0.05, 0.1) is 18.7 Å². The molecular formula is C19H16N2O5S. The van der Waals surface area contributed by atoms with Crippen LogP contribution in [-0.2, 0) is 4.79 Å². The second kappa shape index (κ2) is 7.24. The quantitative estimate of drug-likeness (QED) is 0.790. The first-order valence-corrected chi connectivity index (χ1v) is 8.98. The number of amides is 2. The summed E-state index contributed by atoms with van der Waals surface area (Å²) >= 11 is 0.914. The van der Waals surface area contributed by atoms with Gasteiger partial charge in [0.2, 0.25) is 6.79 Å². The van der Waals surface area contributed by atoms with Crippen molar-refractivity contribution >= 4 is 34.7 Å². The normalized spacial score (nSPS) is 16.9. The molecule has 2 aromatic carbocycles. The highest BCUT2D eigenvalue weighted by Crippen LogP contribution is 2.36. The number of carbonyl (C=O) groups excluding carboxylic acids is 2. The van der Waals surface area contributed by atoms with Crippen LogP contribution >= 0.6 is 11.8 Å². The largest absolute Gasteiger partial charge is 0.497 e. The van der Waals surface area contributed by atoms with Crippen molar-refractivity contribution in [2.45, 2.75) is 0 Å². The Kier molecular flexibility index (Phi) is 4.64. The molecular weight excluding hydrogens is 368 g/mol. The topological polar surface area (TPSA) is 77.1 Å². The fourth-order valence-corrected chi connectivity index (χ4v) is 3.53. The average Bonchev–Trinajstić information content (AvgIpc) is 3.25. The molecule has 27 heavy (non-hydrogen) atoms. The van der Waals surface area contributed by atoms with Crippen LogP contribution < -0.4 is 19.5 Å². The van der Waals surface area contributed by atoms with Gasteiger partial charge in [-0.05, 0) is 47.7 Å². The molecule has 0 aromatic heterocycles. The minimum absolute atomic E-state index is 0.0797. The smallest absolute Gasteiger partial charge is 0.295 e. The lowest BCUT2D eigenvalue weighted by molar-refractivity contribution is -0.122. The Labute approximate surface area is 159 Å². The maximum Gasteiger partial charge on any atom is 0.295 e. The van der Waals surface area contributed by atoms with E-state index in [1.807, 2.05) is 24.3 Å². The average molecular weight is 384 g/mol. The van der Waals surface area contributed by atoms with E-state index in [0.717, 1.165) is 23.0 Å². The first-order valence-electron chi connectivity index (χ1n) is 8.17. The highest BCUT2D eigenvalue weighted by atomic mass is 32.2. The molecule has 0 radical (unpaired) electrons. The van der Waals surface area contributed by atoms with Gasteiger partial charge in [0.15, 0.2) is 11.5 Å². The number of fused-ring (bicyclic) bond motifs is 1. The van der Waals surface area contributed by atoms with E-state index in [4.69, 9.17) is 14.2 Å². The number of anilines is 1. The Morgan fingerprint density at radius 2 is 2.04 bits per heavy atom. The number of ether oxygens (including phenoxy) is 3. The number of rotatable bonds is 5. The van der Waals surface area contributed by atoms with Crippen molar-refractivity contribution < 1.29 is 23.8 Å². The Morgan fingerprint density at radius 3 is 2.89 bits per heavy atom. The number of hydrogen-bond donors (Lipinski definition) is 1. The minimum Gasteiger partial charge on any atom is -0.497 e. The Morgan fingerprint density at radius 1 is 1.19 bits per heavy atom. The van der Waals surface area contributed by atoms with Crippen molar-refractivity contribution in [3.8, 4) is 17.2 Å². The van der Waals surface area contributed by atoms with E-state index in [2.05, 4.69) is 5.32 Å². The number of carbonyl (C=O) groups is 2. The molecule has 0 unspecified atom stereocenters. The molecule has 0 saturated carbocycles. The zero-order chi connectivity index (χ0) is 18.8. The summed E-state index contributed by atoms with van der Waals surface area (Å²) in [4.78, 5) is 26.4. The molecule has 1 saturated heterocycles. The third kappa shape index (κ3) is 3.56. The van der Waals surface area contributed by atoms with E-state index < -0.39 is 0 Å². The van der Waals surface area contributed by atoms with Gasteiger partial charge in [-0.25, -0.2) is 0 Å². The van der Waals surface area contributed by atoms with Gasteiger partial charge in [-0.15, -0.1) is 0 Å². The predicted molar refractivity (Wildman–Crippen MR) is 102 cm³/mol. The van der Waals surface area contributed by atoms with E-state index in [9.17, 15) is 9.59 Å². The monoisotopic (exact) mass is 384 g/mol. The molecule has 2 heterocycles. The third-order valence-corrected chi connectivity index (χ3v) is 4.99. The van der Waals surface area contributed by atoms with Crippen LogP contribution in [0.2, 0.25) is 0 Å². The van der Waals surface area contributed by atoms with Crippen molar-refractivity contribution in [2.24, 2.45) is 0 Å². The number of nitrogens with zero attached hydrogens (tertiary/aromatic N) is 1. The van der Waals surface area contributed by atoms with E-state index in [1.165, 1.54) is 4.90 Å². The summed E-state index contributed by atoms with van der Waals surface area (Å²) in [7, 11) is 1.58. The Balaban J connectivity index is 1.46. The van der Waals surface area contributed by atoms with Gasteiger partial charge in [0.25, 0.3) is 11.1 Å². The SMILES string of the molecule is COc1cccc(NCN2C(=O)S/C(=C/c3ccc4c(c3)OCO4)C2=O)c1. The van der Waals surface area contributed by atoms with Gasteiger partial charge in [-0.3, -0.25) is 14.5 Å². The van der Waals surface area contributed by atoms with Crippen LogP contribution in [0.15, 0.2) is 47.4 Å². The number of imide groups is 1. The lowest BCUT2D eigenvalue weighted by Gasteiger charge is -2.14. The summed E-state index contributed by atoms with van der Waals surface area (Å²) in [6, 6.07) is 12.7. The standard InChI is InChI=1S/C19H16N2O5S/c1-24-14-4-2-3-13(9-14)20-10-21-18(22)17(27-19(21)23)8-12-5-6-15-16(7-12)26-11-25-15/h2-9,20H,10-11H2,1H3/b17-8+. The van der Waals surface area contributed by atoms with Gasteiger partial charge >= 0.3 is 0 Å². The molecule has 4 rings (SSSR count). The second-order valence-corrected chi connectivity index (χ2v) is 6.78. The van der Waals surface area contributed by atoms with E-state index in [1.54, 1.807) is 31.4 Å². The fourth-order valence-electron chi connectivity index (χ4n) is 2.69. The number of benzene rings is 2. The highest BCUT2D eigenvalue weighted by molar-refractivity contribution is 8.18. The third-order valence-electron chi connectivity index (χ3n) is 4.08. The summed E-state index contributed by atoms with van der Waals surface area (Å²) in [5.74, 6) is 1.65. The van der Waals surface area contributed by atoms with Crippen LogP contribution in [0, 0.1) is 0 Å². The minimum atomic E-state index is -0.335. The van der Waals surface area contributed by atoms with Crippen LogP contribution in [0.5, 0.6) is 17.2 Å². The second-order valence-electron chi connectivity index (χ2n) is 5.79. The number of nitrogens with one attached hydrogen (secondary N) is 1. The van der Waals surface area contributed by atoms with Crippen molar-refractivity contribution in [2.75, 3.05) is 25.9 Å². The van der Waals surface area contributed by atoms with Gasteiger partial charge in [-0.1, -0.05) is 12.1 Å². The lowest BCUT2D eigenvalue weighted by atomic mass is 10.2. The summed E-state index contributed by atoms with van der Waals surface area (Å²) in [6.07, 6.45) is 1.68. The van der Waals surface area contributed by atoms with Crippen LogP contribution in [-0.4, -0.2) is 36.6 Å². The summed E-state index contributed by atoms with van der Waals surface area (Å²) in [5, 5.41) is 2.75. The van der Waals surface area contributed by atoms with Crippen molar-refractivity contribution in [3.05, 3.63) is 52.9 Å². The molecule has 2 aromatic rings. The molecule has 1 N–H and O–H groups in total. The Bertz CT molecular complexity index is 943. The summed E-state index contributed by atoms with van der Waals surface area (Å²) < 4.78 is 15.8. The molecule has 0 bridgehead atoms. The van der Waals surface area contributed by atoms with Gasteiger partial charge in [0, 0.05) is 11.8 Å². The molecule has 1 fully saturated rings. The van der Waals surface area contributed by atoms with Gasteiger partial charge in [0.1, 0.15) is 5.75 Å². The predicted octanol–water partition coefficient (Wildman–Crippen LogP) is 3.53. The van der Waals surface area contributed by atoms with Crippen molar-refractivity contribution in [1.82, 2.24) is 4.90 Å². The zero-order valence-corrected chi connectivity index (χ0v) is 15.2. The maximum absolute atomic E-state index is 12.6. The van der Waals surface area contributed by atoms with E-state index in [-0.39, 0.29) is 24.6 Å². The van der Waals surface area contributed by atoms with Crippen molar-refractivity contribution in [3.63, 3.8) is 0 Å². The molecule has 2 amide bonds. The summed E-state index contributed by atoms with van der Waals surface area (Å²) in [5.41, 5.74) is 1.53. The van der Waals surface area contributed by atoms with Crippen molar-refractivity contribution in [1.29, 1.82) is 0 Å². The molecule has 138 valence electrons. The van der Waals surface area contributed by atoms with Crippen LogP contribution in [0.4, 0.5) is 10.5 Å². The number of hydrogen-bond acceptors (Lipinski definition) is 7. The molecule has 8 heteroatoms. The highest BCUT2D eigenvalue weighted by Gasteiger charge is 2.34. The molecule has 0 spiro atoms. The molecule has 2 aliphatic heterocycles. The molecule has 0 atom stereocenters. The van der Waals surface area contributed by atoms with Gasteiger partial charge in [-0.2, -0.15) is 0 Å². The molecule has 0 aliphatic carbocycles. The zero-order valence-electron chi connectivity index (χ0n) is 14.4. The lowest BCUT2D eigenvalue weighted by Crippen LogP contribution is -2.33. The van der Waals surface area contributed by atoms with E-state index in [0.29, 0.717) is 22.2 Å². The first kappa shape index (κ1) is 17.3. The maximum atomic E-state index is 12.6. The summed E-state index contributed by atoms with van der Waals surface area (Å²) in [6.45, 7) is 0.265. The molecule has 7 nitrogen and oxygen atoms in total. The first-order chi connectivity index (χ1) is 13.1. The van der Waals surface area contributed by atoms with Crippen LogP contribution in [0.3, 0.4) is 0 Å². The van der Waals surface area contributed by atoms with Crippen LogP contribution in [0.1, 0.15) is 5.56 Å². The fraction of sp³-hybridized carbons (Fsp3) is 0.158. The number of thioether (sulfide) groups is 1. The molecule has 2 aliphatic rings. The van der Waals surface area contributed by atoms with E-state index >= 15 is 0 Å². The Hall–Kier alpha value is -3.13. The van der Waals surface area contributed by atoms with Crippen LogP contribution in [0.25, 0.3) is 6.08 Å².